The summed E-state index contributed by atoms with van der Waals surface area (Å²) in [6.07, 6.45) is 41.7. The summed E-state index contributed by atoms with van der Waals surface area (Å²) in [4.78, 5) is 22.6. The highest BCUT2D eigenvalue weighted by Crippen LogP contribution is 2.43. The van der Waals surface area contributed by atoms with E-state index in [-0.39, 0.29) is 25.6 Å². The topological polar surface area (TPSA) is 132 Å². The zero-order valence-electron chi connectivity index (χ0n) is 35.2. The lowest BCUT2D eigenvalue weighted by Gasteiger charge is -2.20. The van der Waals surface area contributed by atoms with Crippen LogP contribution in [-0.2, 0) is 27.9 Å². The van der Waals surface area contributed by atoms with E-state index in [1.807, 2.05) is 0 Å². The molecule has 0 aromatic heterocycles. The monoisotopic (exact) mass is 791 g/mol. The summed E-state index contributed by atoms with van der Waals surface area (Å²) in [5.74, 6) is -0.380. The van der Waals surface area contributed by atoms with E-state index < -0.39 is 33.2 Å². The maximum atomic E-state index is 12.6. The number of allylic oxidation sites excluding steroid dienone is 2. The van der Waals surface area contributed by atoms with E-state index in [1.54, 1.807) is 0 Å². The second-order valence-electron chi connectivity index (χ2n) is 15.4. The molecule has 0 aromatic carbocycles. The first kappa shape index (κ1) is 53.2. The highest BCUT2D eigenvalue weighted by Gasteiger charge is 2.26. The fourth-order valence-electron chi connectivity index (χ4n) is 6.46. The molecule has 3 N–H and O–H groups in total. The molecule has 0 aromatic rings. The van der Waals surface area contributed by atoms with Gasteiger partial charge in [-0.2, -0.15) is 0 Å². The Balaban J connectivity index is 4.05. The highest BCUT2D eigenvalue weighted by molar-refractivity contribution is 7.47. The van der Waals surface area contributed by atoms with Crippen molar-refractivity contribution in [3.05, 3.63) is 12.2 Å². The molecule has 10 heteroatoms. The number of phosphoric ester groups is 1. The van der Waals surface area contributed by atoms with Crippen molar-refractivity contribution in [2.75, 3.05) is 33.0 Å². The van der Waals surface area contributed by atoms with Crippen LogP contribution in [0.1, 0.15) is 219 Å². The number of carbonyl (C=O) groups is 1. The molecule has 0 aliphatic rings. The summed E-state index contributed by atoms with van der Waals surface area (Å²) in [5.41, 5.74) is 0. The van der Waals surface area contributed by atoms with Gasteiger partial charge >= 0.3 is 13.8 Å². The molecule has 9 nitrogen and oxygen atoms in total. The lowest BCUT2D eigenvalue weighted by atomic mass is 10.0. The minimum Gasteiger partial charge on any atom is -0.457 e. The molecule has 0 spiro atoms. The second-order valence-corrected chi connectivity index (χ2v) is 16.9. The number of ether oxygens (including phenoxy) is 2. The van der Waals surface area contributed by atoms with Crippen LogP contribution in [0, 0.1) is 0 Å². The quantitative estimate of drug-likeness (QED) is 0.0239. The molecule has 0 aliphatic heterocycles. The van der Waals surface area contributed by atoms with Gasteiger partial charge in [0.25, 0.3) is 0 Å². The van der Waals surface area contributed by atoms with Crippen LogP contribution in [0.5, 0.6) is 0 Å². The molecule has 0 heterocycles. The van der Waals surface area contributed by atoms with Crippen molar-refractivity contribution >= 4 is 13.8 Å². The van der Waals surface area contributed by atoms with Gasteiger partial charge in [-0.1, -0.05) is 193 Å². The summed E-state index contributed by atoms with van der Waals surface area (Å²) >= 11 is 0. The van der Waals surface area contributed by atoms with Crippen molar-refractivity contribution in [2.24, 2.45) is 0 Å². The lowest BCUT2D eigenvalue weighted by Crippen LogP contribution is -2.29. The van der Waals surface area contributed by atoms with Crippen LogP contribution < -0.4 is 0 Å². The van der Waals surface area contributed by atoms with Crippen LogP contribution in [0.2, 0.25) is 0 Å². The molecule has 0 rings (SSSR count). The minimum absolute atomic E-state index is 0.0503. The highest BCUT2D eigenvalue weighted by atomic mass is 31.2. The fraction of sp³-hybridized carbons (Fsp3) is 0.932. The van der Waals surface area contributed by atoms with Crippen LogP contribution in [-0.4, -0.2) is 66.3 Å². The number of aliphatic hydroxyl groups is 2. The molecule has 0 bridgehead atoms. The van der Waals surface area contributed by atoms with Gasteiger partial charge in [-0.05, 0) is 32.1 Å². The number of hydrogen-bond donors (Lipinski definition) is 3. The Kier molecular flexibility index (Phi) is 41.2. The van der Waals surface area contributed by atoms with E-state index >= 15 is 0 Å². The first-order chi connectivity index (χ1) is 26.3. The maximum absolute atomic E-state index is 12.6. The lowest BCUT2D eigenvalue weighted by molar-refractivity contribution is -0.154. The maximum Gasteiger partial charge on any atom is 0.472 e. The van der Waals surface area contributed by atoms with Gasteiger partial charge < -0.3 is 24.6 Å². The van der Waals surface area contributed by atoms with Crippen molar-refractivity contribution in [1.29, 1.82) is 0 Å². The van der Waals surface area contributed by atoms with Gasteiger partial charge in [0.2, 0.25) is 0 Å². The van der Waals surface area contributed by atoms with Crippen molar-refractivity contribution in [2.45, 2.75) is 232 Å². The van der Waals surface area contributed by atoms with Gasteiger partial charge in [0.1, 0.15) is 12.2 Å². The van der Waals surface area contributed by atoms with Crippen molar-refractivity contribution in [3.63, 3.8) is 0 Å². The average Bonchev–Trinajstić information content (AvgIpc) is 3.16. The van der Waals surface area contributed by atoms with E-state index in [0.717, 1.165) is 44.9 Å². The molecule has 0 fully saturated rings. The van der Waals surface area contributed by atoms with Gasteiger partial charge in [-0.25, -0.2) is 4.57 Å². The number of esters is 1. The zero-order valence-corrected chi connectivity index (χ0v) is 36.1. The Hall–Kier alpha value is -0.800. The molecule has 3 atom stereocenters. The van der Waals surface area contributed by atoms with Crippen molar-refractivity contribution in [3.8, 4) is 0 Å². The Morgan fingerprint density at radius 1 is 0.556 bits per heavy atom. The van der Waals surface area contributed by atoms with E-state index in [9.17, 15) is 19.4 Å². The first-order valence-electron chi connectivity index (χ1n) is 22.7. The normalized spacial score (nSPS) is 14.1. The Morgan fingerprint density at radius 2 is 0.963 bits per heavy atom. The van der Waals surface area contributed by atoms with Crippen LogP contribution in [0.4, 0.5) is 0 Å². The third-order valence-corrected chi connectivity index (χ3v) is 10.9. The van der Waals surface area contributed by atoms with Crippen LogP contribution >= 0.6 is 7.82 Å². The minimum atomic E-state index is -4.51. The summed E-state index contributed by atoms with van der Waals surface area (Å²) in [6, 6.07) is 0. The molecule has 0 aliphatic carbocycles. The van der Waals surface area contributed by atoms with E-state index in [2.05, 4.69) is 26.0 Å². The summed E-state index contributed by atoms with van der Waals surface area (Å²) in [6.45, 7) is 3.51. The Labute approximate surface area is 332 Å². The second kappa shape index (κ2) is 41.8. The standard InChI is InChI=1S/C44H87O9P/c1-3-5-7-9-11-13-15-17-18-19-20-21-22-23-24-25-26-28-30-32-34-36-44(47)53-43(41-52-54(48,49)51-39-42(46)38-45)40-50-37-35-33-31-29-27-16-14-12-10-8-6-4-2/h10,12,42-43,45-46H,3-9,11,13-41H2,1-2H3,(H,48,49)/b12-10-. The Bertz CT molecular complexity index is 856. The van der Waals surface area contributed by atoms with Gasteiger partial charge in [-0.3, -0.25) is 13.8 Å². The molecule has 0 radical (unpaired) electrons. The molecule has 0 amide bonds. The van der Waals surface area contributed by atoms with E-state index in [1.165, 1.54) is 154 Å². The number of phosphoric acid groups is 1. The zero-order chi connectivity index (χ0) is 39.6. The molecule has 3 unspecified atom stereocenters. The van der Waals surface area contributed by atoms with Gasteiger partial charge in [0.05, 0.1) is 26.4 Å². The predicted octanol–water partition coefficient (Wildman–Crippen LogP) is 12.5. The average molecular weight is 791 g/mol. The van der Waals surface area contributed by atoms with Gasteiger partial charge in [-0.15, -0.1) is 0 Å². The van der Waals surface area contributed by atoms with E-state index in [0.29, 0.717) is 6.61 Å². The first-order valence-corrected chi connectivity index (χ1v) is 24.2. The molecule has 54 heavy (non-hydrogen) atoms. The summed E-state index contributed by atoms with van der Waals surface area (Å²) < 4.78 is 33.4. The van der Waals surface area contributed by atoms with Crippen LogP contribution in [0.3, 0.4) is 0 Å². The van der Waals surface area contributed by atoms with Crippen molar-refractivity contribution < 1.29 is 43.0 Å². The third-order valence-electron chi connectivity index (χ3n) is 9.95. The molecule has 0 saturated carbocycles. The fourth-order valence-corrected chi connectivity index (χ4v) is 7.25. The van der Waals surface area contributed by atoms with E-state index in [4.69, 9.17) is 23.6 Å². The summed E-state index contributed by atoms with van der Waals surface area (Å²) in [7, 11) is -4.51. The van der Waals surface area contributed by atoms with Gasteiger partial charge in [0, 0.05) is 13.0 Å². The Morgan fingerprint density at radius 3 is 1.44 bits per heavy atom. The number of hydrogen-bond acceptors (Lipinski definition) is 8. The molecular weight excluding hydrogens is 703 g/mol. The molecule has 322 valence electrons. The smallest absolute Gasteiger partial charge is 0.457 e. The largest absolute Gasteiger partial charge is 0.472 e. The SMILES string of the molecule is CCCC/C=C\CCCCCCCCOCC(COP(=O)(O)OCC(O)CO)OC(=O)CCCCCCCCCCCCCCCCCCCCCCC. The molecule has 0 saturated heterocycles. The molecular formula is C44H87O9P. The van der Waals surface area contributed by atoms with Gasteiger partial charge in [0.15, 0.2) is 0 Å². The van der Waals surface area contributed by atoms with Crippen LogP contribution in [0.15, 0.2) is 12.2 Å². The van der Waals surface area contributed by atoms with Crippen molar-refractivity contribution in [1.82, 2.24) is 0 Å². The predicted molar refractivity (Wildman–Crippen MR) is 224 cm³/mol. The number of unbranched alkanes of at least 4 members (excludes halogenated alkanes) is 28. The third kappa shape index (κ3) is 40.9. The number of rotatable bonds is 44. The number of aliphatic hydroxyl groups excluding tert-OH is 2. The van der Waals surface area contributed by atoms with Crippen LogP contribution in [0.25, 0.3) is 0 Å². The number of carbonyl (C=O) groups excluding carboxylic acids is 1. The summed E-state index contributed by atoms with van der Waals surface area (Å²) in [5, 5.41) is 18.3.